The molecular weight excluding hydrogens is 440 g/mol. The second-order valence-electron chi connectivity index (χ2n) is 7.73. The van der Waals surface area contributed by atoms with Crippen LogP contribution < -0.4 is 14.8 Å². The van der Waals surface area contributed by atoms with Crippen LogP contribution in [-0.2, 0) is 4.79 Å². The highest BCUT2D eigenvalue weighted by atomic mass is 32.1. The van der Waals surface area contributed by atoms with Gasteiger partial charge in [0.05, 0.1) is 24.4 Å². The predicted molar refractivity (Wildman–Crippen MR) is 130 cm³/mol. The Hall–Kier alpha value is -3.43. The van der Waals surface area contributed by atoms with E-state index in [1.807, 2.05) is 23.1 Å². The molecule has 0 atom stereocenters. The third-order valence-electron chi connectivity index (χ3n) is 5.49. The smallest absolute Gasteiger partial charge is 0.253 e. The van der Waals surface area contributed by atoms with Gasteiger partial charge < -0.3 is 19.3 Å². The SMILES string of the molecule is COc1ccc(/C=C/C(=O)Nc2nc3ccc(C(=O)N4CCN(C)CC4)cc3s2)cc1OC. The summed E-state index contributed by atoms with van der Waals surface area (Å²) in [6.07, 6.45) is 3.13. The fourth-order valence-corrected chi connectivity index (χ4v) is 4.49. The van der Waals surface area contributed by atoms with E-state index in [9.17, 15) is 9.59 Å². The predicted octanol–water partition coefficient (Wildman–Crippen LogP) is 3.35. The standard InChI is InChI=1S/C24H26N4O4S/c1-27-10-12-28(13-11-27)23(30)17-6-7-18-21(15-17)33-24(25-18)26-22(29)9-5-16-4-8-19(31-2)20(14-16)32-3/h4-9,14-15H,10-13H2,1-3H3,(H,25,26,29)/b9-5+. The number of amides is 2. The van der Waals surface area contributed by atoms with Gasteiger partial charge in [-0.2, -0.15) is 0 Å². The molecule has 0 aliphatic carbocycles. The van der Waals surface area contributed by atoms with E-state index in [2.05, 4.69) is 22.2 Å². The summed E-state index contributed by atoms with van der Waals surface area (Å²) in [5, 5.41) is 3.28. The Labute approximate surface area is 196 Å². The number of likely N-dealkylation sites (N-methyl/N-ethyl adjacent to an activating group) is 1. The molecule has 1 saturated heterocycles. The van der Waals surface area contributed by atoms with E-state index in [0.29, 0.717) is 22.2 Å². The van der Waals surface area contributed by atoms with Crippen molar-refractivity contribution in [3.8, 4) is 11.5 Å². The molecule has 1 fully saturated rings. The maximum atomic E-state index is 12.8. The van der Waals surface area contributed by atoms with Gasteiger partial charge >= 0.3 is 0 Å². The molecule has 0 bridgehead atoms. The Balaban J connectivity index is 1.43. The third-order valence-corrected chi connectivity index (χ3v) is 6.42. The molecule has 172 valence electrons. The first-order chi connectivity index (χ1) is 16.0. The topological polar surface area (TPSA) is 84.0 Å². The molecule has 0 radical (unpaired) electrons. The average Bonchev–Trinajstić information content (AvgIpc) is 3.23. The van der Waals surface area contributed by atoms with Gasteiger partial charge in [-0.1, -0.05) is 17.4 Å². The number of methoxy groups -OCH3 is 2. The molecule has 1 aliphatic rings. The Morgan fingerprint density at radius 3 is 2.52 bits per heavy atom. The number of piperazine rings is 1. The minimum Gasteiger partial charge on any atom is -0.493 e. The van der Waals surface area contributed by atoms with E-state index < -0.39 is 0 Å². The molecule has 2 aromatic carbocycles. The molecule has 8 nitrogen and oxygen atoms in total. The highest BCUT2D eigenvalue weighted by Crippen LogP contribution is 2.29. The summed E-state index contributed by atoms with van der Waals surface area (Å²) >= 11 is 1.34. The van der Waals surface area contributed by atoms with Crippen molar-refractivity contribution in [2.75, 3.05) is 52.8 Å². The van der Waals surface area contributed by atoms with E-state index in [0.717, 1.165) is 42.0 Å². The number of benzene rings is 2. The van der Waals surface area contributed by atoms with Crippen molar-refractivity contribution < 1.29 is 19.1 Å². The van der Waals surface area contributed by atoms with Gasteiger partial charge in [0.25, 0.3) is 5.91 Å². The van der Waals surface area contributed by atoms with E-state index in [1.165, 1.54) is 17.4 Å². The second kappa shape index (κ2) is 10.0. The Kier molecular flexibility index (Phi) is 6.90. The summed E-state index contributed by atoms with van der Waals surface area (Å²) < 4.78 is 11.4. The van der Waals surface area contributed by atoms with Crippen LogP contribution in [0.3, 0.4) is 0 Å². The van der Waals surface area contributed by atoms with Crippen LogP contribution in [0.1, 0.15) is 15.9 Å². The largest absolute Gasteiger partial charge is 0.493 e. The Bertz CT molecular complexity index is 1200. The van der Waals surface area contributed by atoms with Crippen molar-refractivity contribution in [3.63, 3.8) is 0 Å². The third kappa shape index (κ3) is 5.32. The molecule has 0 unspecified atom stereocenters. The first-order valence-corrected chi connectivity index (χ1v) is 11.4. The molecule has 0 saturated carbocycles. The van der Waals surface area contributed by atoms with Gasteiger partial charge in [0.2, 0.25) is 5.91 Å². The van der Waals surface area contributed by atoms with Crippen LogP contribution >= 0.6 is 11.3 Å². The van der Waals surface area contributed by atoms with Crippen LogP contribution in [-0.4, -0.2) is 74.0 Å². The van der Waals surface area contributed by atoms with Gasteiger partial charge in [0, 0.05) is 37.8 Å². The normalized spacial score (nSPS) is 14.6. The number of nitrogens with one attached hydrogen (secondary N) is 1. The van der Waals surface area contributed by atoms with E-state index in [4.69, 9.17) is 9.47 Å². The average molecular weight is 467 g/mol. The summed E-state index contributed by atoms with van der Waals surface area (Å²) in [5.74, 6) is 0.951. The zero-order chi connectivity index (χ0) is 23.4. The van der Waals surface area contributed by atoms with Gasteiger partial charge in [0.15, 0.2) is 16.6 Å². The fraction of sp³-hybridized carbons (Fsp3) is 0.292. The monoisotopic (exact) mass is 466 g/mol. The highest BCUT2D eigenvalue weighted by Gasteiger charge is 2.21. The zero-order valence-corrected chi connectivity index (χ0v) is 19.6. The number of fused-ring (bicyclic) bond motifs is 1. The Morgan fingerprint density at radius 2 is 1.79 bits per heavy atom. The maximum Gasteiger partial charge on any atom is 0.253 e. The molecule has 0 spiro atoms. The number of hydrogen-bond acceptors (Lipinski definition) is 7. The fourth-order valence-electron chi connectivity index (χ4n) is 3.58. The van der Waals surface area contributed by atoms with Gasteiger partial charge in [0.1, 0.15) is 0 Å². The molecular formula is C24H26N4O4S. The van der Waals surface area contributed by atoms with E-state index in [-0.39, 0.29) is 11.8 Å². The summed E-state index contributed by atoms with van der Waals surface area (Å²) in [7, 11) is 5.20. The lowest BCUT2D eigenvalue weighted by Gasteiger charge is -2.32. The van der Waals surface area contributed by atoms with Crippen LogP contribution in [0.5, 0.6) is 11.5 Å². The molecule has 2 amide bonds. The van der Waals surface area contributed by atoms with Crippen LogP contribution in [0.2, 0.25) is 0 Å². The minimum atomic E-state index is -0.294. The maximum absolute atomic E-state index is 12.8. The molecule has 4 rings (SSSR count). The number of thiazole rings is 1. The first-order valence-electron chi connectivity index (χ1n) is 10.6. The lowest BCUT2D eigenvalue weighted by molar-refractivity contribution is -0.111. The van der Waals surface area contributed by atoms with Crippen LogP contribution in [0, 0.1) is 0 Å². The van der Waals surface area contributed by atoms with Crippen LogP contribution in [0.15, 0.2) is 42.5 Å². The molecule has 9 heteroatoms. The summed E-state index contributed by atoms with van der Waals surface area (Å²) in [4.78, 5) is 33.8. The number of anilines is 1. The number of hydrogen-bond donors (Lipinski definition) is 1. The molecule has 33 heavy (non-hydrogen) atoms. The minimum absolute atomic E-state index is 0.0295. The number of ether oxygens (including phenoxy) is 2. The van der Waals surface area contributed by atoms with Crippen molar-refractivity contribution >= 4 is 44.6 Å². The molecule has 1 aromatic heterocycles. The van der Waals surface area contributed by atoms with Crippen molar-refractivity contribution in [3.05, 3.63) is 53.6 Å². The van der Waals surface area contributed by atoms with Crippen molar-refractivity contribution in [2.24, 2.45) is 0 Å². The number of rotatable bonds is 6. The summed E-state index contributed by atoms with van der Waals surface area (Å²) in [6.45, 7) is 3.20. The number of carbonyl (C=O) groups is 2. The van der Waals surface area contributed by atoms with Crippen LogP contribution in [0.4, 0.5) is 5.13 Å². The molecule has 3 aromatic rings. The van der Waals surface area contributed by atoms with E-state index >= 15 is 0 Å². The van der Waals surface area contributed by atoms with Gasteiger partial charge in [-0.3, -0.25) is 14.9 Å². The highest BCUT2D eigenvalue weighted by molar-refractivity contribution is 7.22. The van der Waals surface area contributed by atoms with Gasteiger partial charge in [-0.25, -0.2) is 4.98 Å². The quantitative estimate of drug-likeness (QED) is 0.561. The lowest BCUT2D eigenvalue weighted by Crippen LogP contribution is -2.47. The van der Waals surface area contributed by atoms with Crippen molar-refractivity contribution in [2.45, 2.75) is 0 Å². The molecule has 2 heterocycles. The molecule has 1 aliphatic heterocycles. The van der Waals surface area contributed by atoms with Crippen LogP contribution in [0.25, 0.3) is 16.3 Å². The number of aromatic nitrogens is 1. The summed E-state index contributed by atoms with van der Waals surface area (Å²) in [6, 6.07) is 10.9. The second-order valence-corrected chi connectivity index (χ2v) is 8.76. The molecule has 1 N–H and O–H groups in total. The van der Waals surface area contributed by atoms with Gasteiger partial charge in [-0.15, -0.1) is 0 Å². The van der Waals surface area contributed by atoms with Gasteiger partial charge in [-0.05, 0) is 49.0 Å². The van der Waals surface area contributed by atoms with E-state index in [1.54, 1.807) is 38.5 Å². The van der Waals surface area contributed by atoms with Crippen molar-refractivity contribution in [1.82, 2.24) is 14.8 Å². The summed E-state index contributed by atoms with van der Waals surface area (Å²) in [5.41, 5.74) is 2.19. The lowest BCUT2D eigenvalue weighted by atomic mass is 10.1. The first kappa shape index (κ1) is 22.8. The number of nitrogens with zero attached hydrogens (tertiary/aromatic N) is 3. The Morgan fingerprint density at radius 1 is 1.03 bits per heavy atom. The zero-order valence-electron chi connectivity index (χ0n) is 18.8. The number of carbonyl (C=O) groups excluding carboxylic acids is 2. The van der Waals surface area contributed by atoms with Crippen molar-refractivity contribution in [1.29, 1.82) is 0 Å².